The van der Waals surface area contributed by atoms with Crippen LogP contribution in [0.4, 0.5) is 8.78 Å². The minimum Gasteiger partial charge on any atom is -0.287 e. The number of hydrogen-bond acceptors (Lipinski definition) is 2. The van der Waals surface area contributed by atoms with Crippen molar-refractivity contribution in [3.63, 3.8) is 0 Å². The Kier molecular flexibility index (Phi) is 3.77. The van der Waals surface area contributed by atoms with Gasteiger partial charge in [0.05, 0.1) is 6.42 Å². The first-order valence-corrected chi connectivity index (χ1v) is 3.24. The lowest BCUT2D eigenvalue weighted by Gasteiger charge is -1.91. The van der Waals surface area contributed by atoms with Crippen molar-refractivity contribution >= 4 is 16.9 Å². The predicted molar refractivity (Wildman–Crippen MR) is 29.1 cm³/mol. The molecule has 0 fully saturated rings. The fourth-order valence-corrected chi connectivity index (χ4v) is 0.502. The minimum absolute atomic E-state index is 0.458. The average Bonchev–Trinajstić information content (AvgIpc) is 1.65. The third kappa shape index (κ3) is 4.05. The normalized spacial score (nSPS) is 10.0. The Bertz CT molecular complexity index is 84.1. The summed E-state index contributed by atoms with van der Waals surface area (Å²) in [5, 5.41) is -0.458. The zero-order chi connectivity index (χ0) is 6.57. The Morgan fingerprint density at radius 2 is 2.25 bits per heavy atom. The van der Waals surface area contributed by atoms with E-state index in [2.05, 4.69) is 0 Å². The maximum atomic E-state index is 11.2. The molecule has 0 saturated carbocycles. The van der Waals surface area contributed by atoms with Crippen LogP contribution in [0.25, 0.3) is 0 Å². The number of carbonyl (C=O) groups excluding carboxylic acids is 1. The molecule has 0 aliphatic heterocycles. The molecular weight excluding hydrogens is 134 g/mol. The van der Waals surface area contributed by atoms with Gasteiger partial charge in [0.25, 0.3) is 0 Å². The molecule has 0 bridgehead atoms. The summed E-state index contributed by atoms with van der Waals surface area (Å²) in [4.78, 5) is 10.1. The molecule has 0 aromatic carbocycles. The second-order valence-electron chi connectivity index (χ2n) is 1.17. The van der Waals surface area contributed by atoms with Crippen molar-refractivity contribution in [2.75, 3.05) is 6.26 Å². The lowest BCUT2D eigenvalue weighted by molar-refractivity contribution is -0.113. The number of rotatable bonds is 2. The van der Waals surface area contributed by atoms with Gasteiger partial charge in [0.15, 0.2) is 5.12 Å². The molecule has 0 aromatic rings. The fourth-order valence-electron chi connectivity index (χ4n) is 0.209. The van der Waals surface area contributed by atoms with Crippen molar-refractivity contribution in [2.24, 2.45) is 0 Å². The van der Waals surface area contributed by atoms with Crippen LogP contribution in [0.2, 0.25) is 0 Å². The third-order valence-corrected chi connectivity index (χ3v) is 1.17. The largest absolute Gasteiger partial charge is 0.287 e. The number of carbonyl (C=O) groups is 1. The highest BCUT2D eigenvalue weighted by Gasteiger charge is 2.07. The maximum absolute atomic E-state index is 11.2. The molecular formula is C4H6F2OS. The smallest absolute Gasteiger partial charge is 0.246 e. The van der Waals surface area contributed by atoms with Gasteiger partial charge in [-0.15, -0.1) is 0 Å². The predicted octanol–water partition coefficient (Wildman–Crippen LogP) is 1.53. The van der Waals surface area contributed by atoms with Crippen LogP contribution in [0.1, 0.15) is 6.42 Å². The molecule has 0 atom stereocenters. The second-order valence-corrected chi connectivity index (χ2v) is 2.03. The Labute approximate surface area is 50.4 Å². The monoisotopic (exact) mass is 140 g/mol. The van der Waals surface area contributed by atoms with Gasteiger partial charge in [-0.05, 0) is 6.26 Å². The molecule has 0 heterocycles. The molecule has 0 aliphatic carbocycles. The van der Waals surface area contributed by atoms with E-state index in [1.807, 2.05) is 0 Å². The van der Waals surface area contributed by atoms with Crippen molar-refractivity contribution in [2.45, 2.75) is 12.8 Å². The Balaban J connectivity index is 3.25. The van der Waals surface area contributed by atoms with Gasteiger partial charge in [-0.1, -0.05) is 11.8 Å². The summed E-state index contributed by atoms with van der Waals surface area (Å²) in [5.41, 5.74) is 0. The first kappa shape index (κ1) is 7.88. The lowest BCUT2D eigenvalue weighted by atomic mass is 10.5. The van der Waals surface area contributed by atoms with Gasteiger partial charge >= 0.3 is 0 Å². The summed E-state index contributed by atoms with van der Waals surface area (Å²) in [6.07, 6.45) is -1.62. The van der Waals surface area contributed by atoms with Gasteiger partial charge in [-0.25, -0.2) is 8.78 Å². The van der Waals surface area contributed by atoms with Crippen molar-refractivity contribution in [1.29, 1.82) is 0 Å². The highest BCUT2D eigenvalue weighted by atomic mass is 32.2. The van der Waals surface area contributed by atoms with E-state index in [0.29, 0.717) is 0 Å². The Hall–Kier alpha value is -0.120. The standard InChI is InChI=1S/C4H6F2OS/c1-8-4(7)2-3(5)6/h3H,2H2,1H3. The summed E-state index contributed by atoms with van der Waals surface area (Å²) >= 11 is 0.834. The summed E-state index contributed by atoms with van der Waals surface area (Å²) in [5.74, 6) is 0. The molecule has 0 unspecified atom stereocenters. The van der Waals surface area contributed by atoms with E-state index in [-0.39, 0.29) is 0 Å². The number of halogens is 2. The number of alkyl halides is 2. The summed E-state index contributed by atoms with van der Waals surface area (Å²) in [7, 11) is 0. The van der Waals surface area contributed by atoms with Gasteiger partial charge in [0, 0.05) is 0 Å². The first-order chi connectivity index (χ1) is 3.66. The molecule has 0 aliphatic rings. The molecule has 0 amide bonds. The van der Waals surface area contributed by atoms with E-state index < -0.39 is 18.0 Å². The van der Waals surface area contributed by atoms with E-state index >= 15 is 0 Å². The lowest BCUT2D eigenvalue weighted by Crippen LogP contribution is -1.98. The zero-order valence-corrected chi connectivity index (χ0v) is 5.17. The molecule has 0 N–H and O–H groups in total. The van der Waals surface area contributed by atoms with Crippen LogP contribution in [0, 0.1) is 0 Å². The topological polar surface area (TPSA) is 17.1 Å². The van der Waals surface area contributed by atoms with Crippen LogP contribution in [0.3, 0.4) is 0 Å². The van der Waals surface area contributed by atoms with Gasteiger partial charge < -0.3 is 0 Å². The van der Waals surface area contributed by atoms with Crippen LogP contribution in [0.15, 0.2) is 0 Å². The van der Waals surface area contributed by atoms with Crippen molar-refractivity contribution in [3.05, 3.63) is 0 Å². The van der Waals surface area contributed by atoms with Gasteiger partial charge in [-0.3, -0.25) is 4.79 Å². The SMILES string of the molecule is CSC(=O)CC(F)F. The van der Waals surface area contributed by atoms with Gasteiger partial charge in [0.2, 0.25) is 6.43 Å². The quantitative estimate of drug-likeness (QED) is 0.578. The molecule has 8 heavy (non-hydrogen) atoms. The summed E-state index contributed by atoms with van der Waals surface area (Å²) in [6, 6.07) is 0. The number of hydrogen-bond donors (Lipinski definition) is 0. The highest BCUT2D eigenvalue weighted by Crippen LogP contribution is 2.06. The Morgan fingerprint density at radius 1 is 1.75 bits per heavy atom. The average molecular weight is 140 g/mol. The van der Waals surface area contributed by atoms with E-state index in [9.17, 15) is 13.6 Å². The van der Waals surface area contributed by atoms with Crippen LogP contribution in [0.5, 0.6) is 0 Å². The molecule has 0 aromatic heterocycles. The highest BCUT2D eigenvalue weighted by molar-refractivity contribution is 8.13. The van der Waals surface area contributed by atoms with Crippen LogP contribution in [-0.4, -0.2) is 17.8 Å². The van der Waals surface area contributed by atoms with E-state index in [1.165, 1.54) is 6.26 Å². The van der Waals surface area contributed by atoms with Crippen LogP contribution >= 0.6 is 11.8 Å². The molecule has 0 spiro atoms. The molecule has 0 saturated heterocycles. The molecule has 0 radical (unpaired) electrons. The second kappa shape index (κ2) is 3.83. The van der Waals surface area contributed by atoms with Crippen molar-refractivity contribution in [1.82, 2.24) is 0 Å². The fraction of sp³-hybridized carbons (Fsp3) is 0.750. The van der Waals surface area contributed by atoms with E-state index in [4.69, 9.17) is 0 Å². The minimum atomic E-state index is -2.49. The summed E-state index contributed by atoms with van der Waals surface area (Å²) in [6.45, 7) is 0. The molecule has 4 heteroatoms. The first-order valence-electron chi connectivity index (χ1n) is 2.01. The van der Waals surface area contributed by atoms with E-state index in [0.717, 1.165) is 11.8 Å². The van der Waals surface area contributed by atoms with E-state index in [1.54, 1.807) is 0 Å². The van der Waals surface area contributed by atoms with Crippen LogP contribution in [-0.2, 0) is 4.79 Å². The third-order valence-electron chi connectivity index (χ3n) is 0.549. The van der Waals surface area contributed by atoms with Crippen molar-refractivity contribution in [3.8, 4) is 0 Å². The molecule has 0 rings (SSSR count). The molecule has 48 valence electrons. The Morgan fingerprint density at radius 3 is 2.38 bits per heavy atom. The van der Waals surface area contributed by atoms with Gasteiger partial charge in [-0.2, -0.15) is 0 Å². The summed E-state index contributed by atoms with van der Waals surface area (Å²) < 4.78 is 22.5. The number of thioether (sulfide) groups is 1. The molecule has 1 nitrogen and oxygen atoms in total. The van der Waals surface area contributed by atoms with Crippen molar-refractivity contribution < 1.29 is 13.6 Å². The zero-order valence-electron chi connectivity index (χ0n) is 4.36. The maximum Gasteiger partial charge on any atom is 0.246 e. The van der Waals surface area contributed by atoms with Gasteiger partial charge in [0.1, 0.15) is 0 Å². The van der Waals surface area contributed by atoms with Crippen LogP contribution < -0.4 is 0 Å².